The van der Waals surface area contributed by atoms with Crippen LogP contribution in [0.5, 0.6) is 0 Å². The Morgan fingerprint density at radius 2 is 1.94 bits per heavy atom. The molecular weight excluding hydrogens is 229 g/mol. The molecule has 0 saturated carbocycles. The molecular formula is C14H18FN3. The van der Waals surface area contributed by atoms with Gasteiger partial charge in [0, 0.05) is 12.2 Å². The fourth-order valence-electron chi connectivity index (χ4n) is 1.88. The zero-order chi connectivity index (χ0) is 13.3. The highest BCUT2D eigenvalue weighted by Crippen LogP contribution is 2.22. The number of halogens is 1. The number of hydrogen-bond acceptors (Lipinski definition) is 2. The monoisotopic (exact) mass is 247 g/mol. The zero-order valence-electron chi connectivity index (χ0n) is 10.9. The molecule has 0 radical (unpaired) electrons. The van der Waals surface area contributed by atoms with Gasteiger partial charge in [-0.3, -0.25) is 0 Å². The molecule has 2 rings (SSSR count). The van der Waals surface area contributed by atoms with Crippen LogP contribution in [0.3, 0.4) is 0 Å². The minimum atomic E-state index is -0.276. The van der Waals surface area contributed by atoms with Gasteiger partial charge < -0.3 is 5.73 Å². The van der Waals surface area contributed by atoms with E-state index >= 15 is 0 Å². The summed E-state index contributed by atoms with van der Waals surface area (Å²) in [4.78, 5) is 0. The molecule has 0 bridgehead atoms. The van der Waals surface area contributed by atoms with Gasteiger partial charge in [-0.15, -0.1) is 0 Å². The van der Waals surface area contributed by atoms with Crippen LogP contribution in [0.4, 0.5) is 4.39 Å². The van der Waals surface area contributed by atoms with Gasteiger partial charge in [-0.25, -0.2) is 9.07 Å². The van der Waals surface area contributed by atoms with E-state index in [0.29, 0.717) is 5.92 Å². The van der Waals surface area contributed by atoms with E-state index in [1.165, 1.54) is 12.1 Å². The van der Waals surface area contributed by atoms with E-state index in [0.717, 1.165) is 16.9 Å². The summed E-state index contributed by atoms with van der Waals surface area (Å²) in [7, 11) is 0. The SMILES string of the molecule is CC(C)c1ccn(-c2ccc(F)cc2C(C)N)n1. The quantitative estimate of drug-likeness (QED) is 0.905. The highest BCUT2D eigenvalue weighted by atomic mass is 19.1. The molecule has 0 aliphatic rings. The number of aromatic nitrogens is 2. The Morgan fingerprint density at radius 3 is 2.50 bits per heavy atom. The average molecular weight is 247 g/mol. The summed E-state index contributed by atoms with van der Waals surface area (Å²) in [5.74, 6) is 0.0905. The smallest absolute Gasteiger partial charge is 0.123 e. The minimum Gasteiger partial charge on any atom is -0.324 e. The van der Waals surface area contributed by atoms with Crippen molar-refractivity contribution in [2.45, 2.75) is 32.7 Å². The molecule has 0 fully saturated rings. The van der Waals surface area contributed by atoms with E-state index in [1.807, 2.05) is 19.2 Å². The predicted molar refractivity (Wildman–Crippen MR) is 70.2 cm³/mol. The molecule has 1 unspecified atom stereocenters. The maximum Gasteiger partial charge on any atom is 0.123 e. The molecule has 1 atom stereocenters. The summed E-state index contributed by atoms with van der Waals surface area (Å²) < 4.78 is 15.0. The first kappa shape index (κ1) is 12.8. The highest BCUT2D eigenvalue weighted by Gasteiger charge is 2.12. The molecule has 0 spiro atoms. The van der Waals surface area contributed by atoms with Gasteiger partial charge in [0.2, 0.25) is 0 Å². The maximum absolute atomic E-state index is 13.3. The normalized spacial score (nSPS) is 13.0. The van der Waals surface area contributed by atoms with E-state index < -0.39 is 0 Å². The van der Waals surface area contributed by atoms with Crippen molar-refractivity contribution >= 4 is 0 Å². The van der Waals surface area contributed by atoms with E-state index in [9.17, 15) is 4.39 Å². The van der Waals surface area contributed by atoms with Crippen molar-refractivity contribution in [2.24, 2.45) is 5.73 Å². The molecule has 2 aromatic rings. The van der Waals surface area contributed by atoms with Crippen molar-refractivity contribution in [3.8, 4) is 5.69 Å². The van der Waals surface area contributed by atoms with Gasteiger partial charge in [0.15, 0.2) is 0 Å². The molecule has 4 heteroatoms. The van der Waals surface area contributed by atoms with Gasteiger partial charge in [0.05, 0.1) is 11.4 Å². The predicted octanol–water partition coefficient (Wildman–Crippen LogP) is 3.15. The van der Waals surface area contributed by atoms with E-state index in [-0.39, 0.29) is 11.9 Å². The molecule has 0 aliphatic carbocycles. The van der Waals surface area contributed by atoms with Crippen molar-refractivity contribution in [1.29, 1.82) is 0 Å². The van der Waals surface area contributed by atoms with Crippen LogP contribution in [0.25, 0.3) is 5.69 Å². The first-order valence-electron chi connectivity index (χ1n) is 6.10. The third-order valence-electron chi connectivity index (χ3n) is 2.93. The Bertz CT molecular complexity index is 544. The third kappa shape index (κ3) is 2.43. The fourth-order valence-corrected chi connectivity index (χ4v) is 1.88. The standard InChI is InChI=1S/C14H18FN3/c1-9(2)13-6-7-18(17-13)14-5-4-11(15)8-12(14)10(3)16/h4-10H,16H2,1-3H3. The van der Waals surface area contributed by atoms with Crippen LogP contribution in [0, 0.1) is 5.82 Å². The Balaban J connectivity index is 2.49. The van der Waals surface area contributed by atoms with Gasteiger partial charge in [0.1, 0.15) is 5.82 Å². The molecule has 3 nitrogen and oxygen atoms in total. The van der Waals surface area contributed by atoms with Crippen LogP contribution >= 0.6 is 0 Å². The van der Waals surface area contributed by atoms with Crippen molar-refractivity contribution in [2.75, 3.05) is 0 Å². The van der Waals surface area contributed by atoms with Crippen molar-refractivity contribution in [3.63, 3.8) is 0 Å². The molecule has 1 heterocycles. The number of nitrogens with two attached hydrogens (primary N) is 1. The van der Waals surface area contributed by atoms with Crippen LogP contribution in [0.1, 0.15) is 44.0 Å². The lowest BCUT2D eigenvalue weighted by Gasteiger charge is -2.13. The minimum absolute atomic E-state index is 0.234. The second-order valence-electron chi connectivity index (χ2n) is 4.83. The molecule has 1 aromatic carbocycles. The first-order chi connectivity index (χ1) is 8.49. The summed E-state index contributed by atoms with van der Waals surface area (Å²) in [5.41, 5.74) is 8.48. The molecule has 18 heavy (non-hydrogen) atoms. The molecule has 1 aromatic heterocycles. The van der Waals surface area contributed by atoms with Gasteiger partial charge in [-0.1, -0.05) is 13.8 Å². The Morgan fingerprint density at radius 1 is 1.22 bits per heavy atom. The van der Waals surface area contributed by atoms with Gasteiger partial charge >= 0.3 is 0 Å². The number of nitrogens with zero attached hydrogens (tertiary/aromatic N) is 2. The summed E-state index contributed by atoms with van der Waals surface area (Å²) >= 11 is 0. The maximum atomic E-state index is 13.3. The number of rotatable bonds is 3. The summed E-state index contributed by atoms with van der Waals surface area (Å²) in [6, 6.07) is 6.35. The second-order valence-corrected chi connectivity index (χ2v) is 4.83. The van der Waals surface area contributed by atoms with Crippen LogP contribution < -0.4 is 5.73 Å². The Labute approximate surface area is 106 Å². The van der Waals surface area contributed by atoms with Crippen molar-refractivity contribution in [1.82, 2.24) is 9.78 Å². The Hall–Kier alpha value is -1.68. The van der Waals surface area contributed by atoms with Crippen molar-refractivity contribution < 1.29 is 4.39 Å². The van der Waals surface area contributed by atoms with Crippen LogP contribution in [0.2, 0.25) is 0 Å². The van der Waals surface area contributed by atoms with E-state index in [4.69, 9.17) is 5.73 Å². The average Bonchev–Trinajstić information content (AvgIpc) is 2.78. The van der Waals surface area contributed by atoms with Crippen LogP contribution in [-0.4, -0.2) is 9.78 Å². The Kier molecular flexibility index (Phi) is 3.48. The largest absolute Gasteiger partial charge is 0.324 e. The number of hydrogen-bond donors (Lipinski definition) is 1. The molecule has 0 amide bonds. The lowest BCUT2D eigenvalue weighted by molar-refractivity contribution is 0.620. The van der Waals surface area contributed by atoms with E-state index in [2.05, 4.69) is 18.9 Å². The number of benzene rings is 1. The lowest BCUT2D eigenvalue weighted by atomic mass is 10.1. The summed E-state index contributed by atoms with van der Waals surface area (Å²) in [6.07, 6.45) is 1.88. The third-order valence-corrected chi connectivity index (χ3v) is 2.93. The fraction of sp³-hybridized carbons (Fsp3) is 0.357. The summed E-state index contributed by atoms with van der Waals surface area (Å²) in [5, 5.41) is 4.49. The first-order valence-corrected chi connectivity index (χ1v) is 6.10. The highest BCUT2D eigenvalue weighted by molar-refractivity contribution is 5.42. The van der Waals surface area contributed by atoms with Crippen LogP contribution in [0.15, 0.2) is 30.5 Å². The molecule has 0 aliphatic heterocycles. The molecule has 0 saturated heterocycles. The van der Waals surface area contributed by atoms with Gasteiger partial charge in [-0.2, -0.15) is 5.10 Å². The van der Waals surface area contributed by atoms with Crippen LogP contribution in [-0.2, 0) is 0 Å². The van der Waals surface area contributed by atoms with Gasteiger partial charge in [0.25, 0.3) is 0 Å². The zero-order valence-corrected chi connectivity index (χ0v) is 10.9. The topological polar surface area (TPSA) is 43.8 Å². The van der Waals surface area contributed by atoms with E-state index in [1.54, 1.807) is 10.7 Å². The molecule has 96 valence electrons. The van der Waals surface area contributed by atoms with Gasteiger partial charge in [-0.05, 0) is 42.7 Å². The second kappa shape index (κ2) is 4.90. The lowest BCUT2D eigenvalue weighted by Crippen LogP contribution is -2.11. The molecule has 2 N–H and O–H groups in total. The van der Waals surface area contributed by atoms with Crippen molar-refractivity contribution in [3.05, 3.63) is 47.5 Å². The summed E-state index contributed by atoms with van der Waals surface area (Å²) in [6.45, 7) is 6.01.